The summed E-state index contributed by atoms with van der Waals surface area (Å²) < 4.78 is 4.78. The van der Waals surface area contributed by atoms with Gasteiger partial charge in [0.15, 0.2) is 0 Å². The molecule has 0 aliphatic rings. The van der Waals surface area contributed by atoms with E-state index in [9.17, 15) is 9.59 Å². The van der Waals surface area contributed by atoms with Gasteiger partial charge < -0.3 is 21.3 Å². The number of carbonyl (C=O) groups excluding carboxylic acids is 1. The zero-order valence-electron chi connectivity index (χ0n) is 8.97. The number of carboxylic acid groups (broad SMARTS) is 1. The second-order valence-corrected chi connectivity index (χ2v) is 3.67. The molecule has 15 heavy (non-hydrogen) atoms. The van der Waals surface area contributed by atoms with Crippen molar-refractivity contribution in [1.82, 2.24) is 0 Å². The Morgan fingerprint density at radius 1 is 1.33 bits per heavy atom. The van der Waals surface area contributed by atoms with Gasteiger partial charge in [-0.1, -0.05) is 13.8 Å². The van der Waals surface area contributed by atoms with Crippen molar-refractivity contribution in [2.24, 2.45) is 17.4 Å². The lowest BCUT2D eigenvalue weighted by atomic mass is 10.1. The summed E-state index contributed by atoms with van der Waals surface area (Å²) in [5.41, 5.74) is 10.7. The highest BCUT2D eigenvalue weighted by molar-refractivity contribution is 5.76. The Morgan fingerprint density at radius 2 is 1.87 bits per heavy atom. The van der Waals surface area contributed by atoms with Gasteiger partial charge in [0.1, 0.15) is 12.1 Å². The summed E-state index contributed by atoms with van der Waals surface area (Å²) in [6.45, 7) is 3.58. The fourth-order valence-electron chi connectivity index (χ4n) is 0.778. The highest BCUT2D eigenvalue weighted by Crippen LogP contribution is 2.01. The van der Waals surface area contributed by atoms with E-state index < -0.39 is 24.0 Å². The first-order chi connectivity index (χ1) is 6.86. The molecular weight excluding hydrogens is 200 g/mol. The molecule has 0 saturated carbocycles. The largest absolute Gasteiger partial charge is 0.480 e. The van der Waals surface area contributed by atoms with E-state index in [1.165, 1.54) is 0 Å². The highest BCUT2D eigenvalue weighted by atomic mass is 16.5. The molecule has 0 radical (unpaired) electrons. The van der Waals surface area contributed by atoms with Gasteiger partial charge in [-0.3, -0.25) is 9.59 Å². The molecule has 0 spiro atoms. The van der Waals surface area contributed by atoms with E-state index in [-0.39, 0.29) is 18.9 Å². The number of hydrogen-bond donors (Lipinski definition) is 3. The van der Waals surface area contributed by atoms with Gasteiger partial charge in [-0.05, 0) is 5.92 Å². The average molecular weight is 218 g/mol. The molecule has 0 rings (SSSR count). The van der Waals surface area contributed by atoms with E-state index in [1.54, 1.807) is 13.8 Å². The molecule has 0 aromatic carbocycles. The van der Waals surface area contributed by atoms with Crippen LogP contribution in [0.2, 0.25) is 0 Å². The van der Waals surface area contributed by atoms with Gasteiger partial charge in [-0.25, -0.2) is 0 Å². The van der Waals surface area contributed by atoms with Crippen molar-refractivity contribution in [3.05, 3.63) is 0 Å². The predicted octanol–water partition coefficient (Wildman–Crippen LogP) is -0.685. The maximum atomic E-state index is 11.2. The minimum Gasteiger partial charge on any atom is -0.480 e. The van der Waals surface area contributed by atoms with Gasteiger partial charge in [-0.2, -0.15) is 0 Å². The first kappa shape index (κ1) is 13.9. The fraction of sp³-hybridized carbons (Fsp3) is 0.778. The number of carboxylic acids is 1. The first-order valence-electron chi connectivity index (χ1n) is 4.76. The van der Waals surface area contributed by atoms with Crippen LogP contribution in [0.1, 0.15) is 20.3 Å². The van der Waals surface area contributed by atoms with Gasteiger partial charge in [0.05, 0.1) is 6.61 Å². The molecule has 0 aromatic heterocycles. The first-order valence-corrected chi connectivity index (χ1v) is 4.76. The van der Waals surface area contributed by atoms with E-state index in [0.717, 1.165) is 0 Å². The monoisotopic (exact) mass is 218 g/mol. The molecule has 0 aliphatic carbocycles. The van der Waals surface area contributed by atoms with Crippen LogP contribution in [0.4, 0.5) is 0 Å². The molecule has 2 atom stereocenters. The molecular formula is C9H18N2O4. The zero-order valence-corrected chi connectivity index (χ0v) is 8.97. The molecule has 6 heteroatoms. The lowest BCUT2D eigenvalue weighted by Crippen LogP contribution is -2.38. The second-order valence-electron chi connectivity index (χ2n) is 3.67. The Labute approximate surface area is 88.6 Å². The van der Waals surface area contributed by atoms with Crippen molar-refractivity contribution >= 4 is 11.9 Å². The van der Waals surface area contributed by atoms with E-state index in [0.29, 0.717) is 0 Å². The van der Waals surface area contributed by atoms with Gasteiger partial charge >= 0.3 is 11.9 Å². The molecule has 0 fully saturated rings. The smallest absolute Gasteiger partial charge is 0.323 e. The van der Waals surface area contributed by atoms with E-state index >= 15 is 0 Å². The number of rotatable bonds is 6. The van der Waals surface area contributed by atoms with Crippen LogP contribution in [0.15, 0.2) is 0 Å². The quantitative estimate of drug-likeness (QED) is 0.508. The number of nitrogens with two attached hydrogens (primary N) is 2. The van der Waals surface area contributed by atoms with Gasteiger partial charge in [0, 0.05) is 6.42 Å². The number of hydrogen-bond acceptors (Lipinski definition) is 5. The molecule has 0 unspecified atom stereocenters. The van der Waals surface area contributed by atoms with E-state index in [1.807, 2.05) is 0 Å². The lowest BCUT2D eigenvalue weighted by Gasteiger charge is -2.14. The summed E-state index contributed by atoms with van der Waals surface area (Å²) in [6, 6.07) is -1.68. The van der Waals surface area contributed by atoms with Crippen LogP contribution in [0.25, 0.3) is 0 Å². The van der Waals surface area contributed by atoms with Gasteiger partial charge in [-0.15, -0.1) is 0 Å². The van der Waals surface area contributed by atoms with Gasteiger partial charge in [0.25, 0.3) is 0 Å². The topological polar surface area (TPSA) is 116 Å². The number of aliphatic carboxylic acids is 1. The second kappa shape index (κ2) is 6.36. The van der Waals surface area contributed by atoms with Crippen molar-refractivity contribution in [2.45, 2.75) is 32.4 Å². The Kier molecular flexibility index (Phi) is 5.88. The third-order valence-electron chi connectivity index (χ3n) is 1.98. The maximum Gasteiger partial charge on any atom is 0.323 e. The van der Waals surface area contributed by atoms with E-state index in [4.69, 9.17) is 21.3 Å². The summed E-state index contributed by atoms with van der Waals surface area (Å²) in [5.74, 6) is -1.65. The average Bonchev–Trinajstić information content (AvgIpc) is 2.15. The highest BCUT2D eigenvalue weighted by Gasteiger charge is 2.19. The Balaban J connectivity index is 3.78. The SMILES string of the molecule is CC(C)[C@H](N)C(=O)OCC[C@H](N)C(=O)O. The molecule has 0 bridgehead atoms. The predicted molar refractivity (Wildman–Crippen MR) is 54.0 cm³/mol. The van der Waals surface area contributed by atoms with Crippen LogP contribution in [-0.4, -0.2) is 35.7 Å². The third kappa shape index (κ3) is 5.34. The molecule has 0 amide bonds. The van der Waals surface area contributed by atoms with Crippen molar-refractivity contribution < 1.29 is 19.4 Å². The van der Waals surface area contributed by atoms with Crippen LogP contribution in [-0.2, 0) is 14.3 Å². The van der Waals surface area contributed by atoms with Crippen molar-refractivity contribution in [3.63, 3.8) is 0 Å². The summed E-state index contributed by atoms with van der Waals surface area (Å²) >= 11 is 0. The van der Waals surface area contributed by atoms with E-state index in [2.05, 4.69) is 0 Å². The Hall–Kier alpha value is -1.14. The minimum atomic E-state index is -1.11. The van der Waals surface area contributed by atoms with Crippen LogP contribution >= 0.6 is 0 Å². The van der Waals surface area contributed by atoms with Crippen molar-refractivity contribution in [1.29, 1.82) is 0 Å². The minimum absolute atomic E-state index is 0.00866. The van der Waals surface area contributed by atoms with Crippen LogP contribution in [0.5, 0.6) is 0 Å². The molecule has 0 saturated heterocycles. The standard InChI is InChI=1S/C9H18N2O4/c1-5(2)7(11)9(14)15-4-3-6(10)8(12)13/h5-7H,3-4,10-11H2,1-2H3,(H,12,13)/t6-,7-/m0/s1. The summed E-state index contributed by atoms with van der Waals surface area (Å²) in [5, 5.41) is 8.45. The van der Waals surface area contributed by atoms with Crippen molar-refractivity contribution in [2.75, 3.05) is 6.61 Å². The normalized spacial score (nSPS) is 14.7. The van der Waals surface area contributed by atoms with Crippen LogP contribution in [0, 0.1) is 5.92 Å². The zero-order chi connectivity index (χ0) is 12.0. The third-order valence-corrected chi connectivity index (χ3v) is 1.98. The molecule has 0 heterocycles. The summed E-state index contributed by atoms with van der Waals surface area (Å²) in [4.78, 5) is 21.5. The Bertz CT molecular complexity index is 230. The molecule has 5 N–H and O–H groups in total. The molecule has 6 nitrogen and oxygen atoms in total. The van der Waals surface area contributed by atoms with Crippen molar-refractivity contribution in [3.8, 4) is 0 Å². The molecule has 88 valence electrons. The summed E-state index contributed by atoms with van der Waals surface area (Å²) in [6.07, 6.45) is 0.0892. The fourth-order valence-corrected chi connectivity index (χ4v) is 0.778. The molecule has 0 aromatic rings. The molecule has 0 aliphatic heterocycles. The summed E-state index contributed by atoms with van der Waals surface area (Å²) in [7, 11) is 0. The van der Waals surface area contributed by atoms with Gasteiger partial charge in [0.2, 0.25) is 0 Å². The number of esters is 1. The lowest BCUT2D eigenvalue weighted by molar-refractivity contribution is -0.148. The number of carbonyl (C=O) groups is 2. The number of ether oxygens (including phenoxy) is 1. The van der Waals surface area contributed by atoms with Crippen LogP contribution < -0.4 is 11.5 Å². The Morgan fingerprint density at radius 3 is 2.27 bits per heavy atom. The van der Waals surface area contributed by atoms with Crippen LogP contribution in [0.3, 0.4) is 0 Å². The maximum absolute atomic E-state index is 11.2.